The maximum atomic E-state index is 13.3. The third-order valence-electron chi connectivity index (χ3n) is 5.60. The molecule has 2 N–H and O–H groups in total. The quantitative estimate of drug-likeness (QED) is 0.334. The topological polar surface area (TPSA) is 107 Å². The van der Waals surface area contributed by atoms with Crippen LogP contribution in [0, 0.1) is 11.3 Å². The van der Waals surface area contributed by atoms with Crippen molar-refractivity contribution in [1.29, 1.82) is 5.26 Å². The third-order valence-corrected chi connectivity index (χ3v) is 6.59. The first-order valence-corrected chi connectivity index (χ1v) is 12.3. The van der Waals surface area contributed by atoms with E-state index < -0.39 is 11.9 Å². The monoisotopic (exact) mass is 499 g/mol. The molecule has 3 aromatic rings. The SMILES string of the molecule is CCOC(=O)C1=C(c2ccccc2)OC(N)=C(C#N)[C@H]1c1ccc(OC)c(CSc2ccccn2)c1. The summed E-state index contributed by atoms with van der Waals surface area (Å²) in [5.41, 5.74) is 8.84. The van der Waals surface area contributed by atoms with E-state index in [1.54, 1.807) is 32.0 Å². The predicted molar refractivity (Wildman–Crippen MR) is 137 cm³/mol. The largest absolute Gasteiger partial charge is 0.496 e. The first-order valence-electron chi connectivity index (χ1n) is 11.3. The molecule has 0 aliphatic carbocycles. The smallest absolute Gasteiger partial charge is 0.338 e. The molecule has 0 unspecified atom stereocenters. The molecule has 1 aliphatic rings. The van der Waals surface area contributed by atoms with Gasteiger partial charge in [-0.05, 0) is 30.7 Å². The van der Waals surface area contributed by atoms with Crippen LogP contribution in [0.4, 0.5) is 0 Å². The number of thioether (sulfide) groups is 1. The molecular weight excluding hydrogens is 474 g/mol. The summed E-state index contributed by atoms with van der Waals surface area (Å²) in [5.74, 6) is 0.145. The number of nitrogens with two attached hydrogens (primary N) is 1. The molecule has 8 heteroatoms. The predicted octanol–water partition coefficient (Wildman–Crippen LogP) is 5.16. The van der Waals surface area contributed by atoms with Crippen LogP contribution in [0.5, 0.6) is 5.75 Å². The first kappa shape index (κ1) is 24.9. The molecule has 0 radical (unpaired) electrons. The summed E-state index contributed by atoms with van der Waals surface area (Å²) in [6.07, 6.45) is 1.74. The maximum Gasteiger partial charge on any atom is 0.338 e. The lowest BCUT2D eigenvalue weighted by Gasteiger charge is -2.28. The van der Waals surface area contributed by atoms with E-state index in [9.17, 15) is 10.1 Å². The zero-order valence-corrected chi connectivity index (χ0v) is 20.7. The molecule has 0 amide bonds. The Morgan fingerprint density at radius 2 is 1.94 bits per heavy atom. The van der Waals surface area contributed by atoms with Crippen molar-refractivity contribution in [3.05, 3.63) is 107 Å². The number of nitriles is 1. The summed E-state index contributed by atoms with van der Waals surface area (Å²) in [5, 5.41) is 10.9. The van der Waals surface area contributed by atoms with Crippen LogP contribution in [0.25, 0.3) is 5.76 Å². The minimum atomic E-state index is -0.775. The Labute approximate surface area is 214 Å². The highest BCUT2D eigenvalue weighted by Crippen LogP contribution is 2.44. The zero-order chi connectivity index (χ0) is 25.5. The van der Waals surface area contributed by atoms with E-state index in [1.807, 2.05) is 66.7 Å². The van der Waals surface area contributed by atoms with Crippen molar-refractivity contribution in [2.24, 2.45) is 5.73 Å². The van der Waals surface area contributed by atoms with Gasteiger partial charge in [-0.15, -0.1) is 11.8 Å². The molecule has 0 bridgehead atoms. The van der Waals surface area contributed by atoms with E-state index >= 15 is 0 Å². The van der Waals surface area contributed by atoms with Crippen molar-refractivity contribution < 1.29 is 19.0 Å². The van der Waals surface area contributed by atoms with Gasteiger partial charge in [0.2, 0.25) is 5.88 Å². The van der Waals surface area contributed by atoms with Gasteiger partial charge in [0.1, 0.15) is 23.2 Å². The number of carbonyl (C=O) groups excluding carboxylic acids is 1. The first-order chi connectivity index (χ1) is 17.6. The van der Waals surface area contributed by atoms with Crippen molar-refractivity contribution in [1.82, 2.24) is 4.98 Å². The van der Waals surface area contributed by atoms with Gasteiger partial charge in [0.05, 0.1) is 30.2 Å². The summed E-state index contributed by atoms with van der Waals surface area (Å²) >= 11 is 1.56. The van der Waals surface area contributed by atoms with Gasteiger partial charge >= 0.3 is 5.97 Å². The van der Waals surface area contributed by atoms with Gasteiger partial charge in [-0.25, -0.2) is 9.78 Å². The van der Waals surface area contributed by atoms with Gasteiger partial charge in [-0.1, -0.05) is 48.5 Å². The molecule has 0 fully saturated rings. The Balaban J connectivity index is 1.84. The standard InChI is InChI=1S/C28H25N3O4S/c1-3-34-28(32)25-24(21(16-29)27(30)35-26(25)18-9-5-4-6-10-18)19-12-13-22(33-2)20(15-19)17-36-23-11-7-8-14-31-23/h4-15,24H,3,17,30H2,1-2H3/t24-/m1/s1. The molecule has 0 spiro atoms. The van der Waals surface area contributed by atoms with Gasteiger partial charge < -0.3 is 19.9 Å². The number of pyridine rings is 1. The molecule has 182 valence electrons. The second-order valence-corrected chi connectivity index (χ2v) is 8.78. The highest BCUT2D eigenvalue weighted by Gasteiger charge is 2.38. The van der Waals surface area contributed by atoms with Crippen molar-refractivity contribution in [2.75, 3.05) is 13.7 Å². The Bertz CT molecular complexity index is 1350. The summed E-state index contributed by atoms with van der Waals surface area (Å²) in [6, 6.07) is 22.6. The lowest BCUT2D eigenvalue weighted by Crippen LogP contribution is -2.26. The number of nitrogens with zero attached hydrogens (tertiary/aromatic N) is 2. The van der Waals surface area contributed by atoms with Crippen LogP contribution in [0.15, 0.2) is 95.0 Å². The molecule has 36 heavy (non-hydrogen) atoms. The Morgan fingerprint density at radius 1 is 1.17 bits per heavy atom. The number of ether oxygens (including phenoxy) is 3. The minimum Gasteiger partial charge on any atom is -0.496 e. The number of carbonyl (C=O) groups is 1. The fourth-order valence-corrected chi connectivity index (χ4v) is 4.83. The highest BCUT2D eigenvalue weighted by atomic mass is 32.2. The molecule has 1 atom stereocenters. The molecular formula is C28H25N3O4S. The average molecular weight is 500 g/mol. The van der Waals surface area contributed by atoms with Crippen molar-refractivity contribution in [3.8, 4) is 11.8 Å². The highest BCUT2D eigenvalue weighted by molar-refractivity contribution is 7.98. The van der Waals surface area contributed by atoms with Crippen LogP contribution < -0.4 is 10.5 Å². The molecule has 0 saturated heterocycles. The van der Waals surface area contributed by atoms with E-state index in [1.165, 1.54) is 0 Å². The van der Waals surface area contributed by atoms with Gasteiger partial charge in [0.25, 0.3) is 0 Å². The number of esters is 1. The number of hydrogen-bond acceptors (Lipinski definition) is 8. The van der Waals surface area contributed by atoms with Crippen LogP contribution in [0.1, 0.15) is 29.5 Å². The summed E-state index contributed by atoms with van der Waals surface area (Å²) < 4.78 is 16.9. The van der Waals surface area contributed by atoms with E-state index in [2.05, 4.69) is 11.1 Å². The lowest BCUT2D eigenvalue weighted by atomic mass is 9.81. The second kappa shape index (κ2) is 11.5. The maximum absolute atomic E-state index is 13.3. The van der Waals surface area contributed by atoms with E-state index in [0.717, 1.165) is 10.6 Å². The van der Waals surface area contributed by atoms with Crippen molar-refractivity contribution in [3.63, 3.8) is 0 Å². The summed E-state index contributed by atoms with van der Waals surface area (Å²) in [7, 11) is 1.61. The molecule has 0 saturated carbocycles. The number of allylic oxidation sites excluding steroid dienone is 1. The number of hydrogen-bond donors (Lipinski definition) is 1. The summed E-state index contributed by atoms with van der Waals surface area (Å²) in [6.45, 7) is 1.90. The Hall–Kier alpha value is -4.22. The van der Waals surface area contributed by atoms with Crippen LogP contribution in [-0.2, 0) is 20.0 Å². The van der Waals surface area contributed by atoms with Gasteiger partial charge in [-0.3, -0.25) is 0 Å². The van der Waals surface area contributed by atoms with Gasteiger partial charge in [0, 0.05) is 23.1 Å². The lowest BCUT2D eigenvalue weighted by molar-refractivity contribution is -0.138. The zero-order valence-electron chi connectivity index (χ0n) is 19.9. The van der Waals surface area contributed by atoms with E-state index in [-0.39, 0.29) is 29.4 Å². The molecule has 1 aliphatic heterocycles. The second-order valence-electron chi connectivity index (χ2n) is 7.78. The molecule has 2 aromatic carbocycles. The van der Waals surface area contributed by atoms with Crippen molar-refractivity contribution in [2.45, 2.75) is 23.6 Å². The number of benzene rings is 2. The number of aromatic nitrogens is 1. The molecule has 4 rings (SSSR count). The fourth-order valence-electron chi connectivity index (χ4n) is 3.99. The number of methoxy groups -OCH3 is 1. The van der Waals surface area contributed by atoms with E-state index in [4.69, 9.17) is 19.9 Å². The average Bonchev–Trinajstić information content (AvgIpc) is 2.92. The van der Waals surface area contributed by atoms with Gasteiger partial charge in [0.15, 0.2) is 0 Å². The van der Waals surface area contributed by atoms with Gasteiger partial charge in [-0.2, -0.15) is 5.26 Å². The normalized spacial score (nSPS) is 15.2. The van der Waals surface area contributed by atoms with Crippen molar-refractivity contribution >= 4 is 23.5 Å². The molecule has 1 aromatic heterocycles. The third kappa shape index (κ3) is 5.21. The Morgan fingerprint density at radius 3 is 2.61 bits per heavy atom. The minimum absolute atomic E-state index is 0.0466. The van der Waals surface area contributed by atoms with E-state index in [0.29, 0.717) is 22.6 Å². The summed E-state index contributed by atoms with van der Waals surface area (Å²) in [4.78, 5) is 17.6. The van der Waals surface area contributed by atoms with Crippen LogP contribution in [0.2, 0.25) is 0 Å². The van der Waals surface area contributed by atoms with Crippen LogP contribution in [-0.4, -0.2) is 24.7 Å². The molecule has 2 heterocycles. The molecule has 7 nitrogen and oxygen atoms in total. The van der Waals surface area contributed by atoms with Crippen LogP contribution in [0.3, 0.4) is 0 Å². The fraction of sp³-hybridized carbons (Fsp3) is 0.179. The number of rotatable bonds is 8. The Kier molecular flexibility index (Phi) is 7.93. The van der Waals surface area contributed by atoms with Crippen LogP contribution >= 0.6 is 11.8 Å².